The van der Waals surface area contributed by atoms with E-state index < -0.39 is 0 Å². The van der Waals surface area contributed by atoms with Gasteiger partial charge in [0.1, 0.15) is 5.65 Å². The van der Waals surface area contributed by atoms with Crippen LogP contribution in [0.1, 0.15) is 30.3 Å². The molecule has 2 aromatic rings. The van der Waals surface area contributed by atoms with E-state index in [-0.39, 0.29) is 0 Å². The molecule has 2 aromatic heterocycles. The predicted molar refractivity (Wildman–Crippen MR) is 58.7 cm³/mol. The van der Waals surface area contributed by atoms with Gasteiger partial charge in [0.05, 0.1) is 5.69 Å². The average Bonchev–Trinajstić information content (AvgIpc) is 2.43. The highest BCUT2D eigenvalue weighted by molar-refractivity contribution is 5.45. The van der Waals surface area contributed by atoms with Gasteiger partial charge in [-0.2, -0.15) is 0 Å². The number of fused-ring (bicyclic) bond motifs is 1. The highest BCUT2D eigenvalue weighted by Crippen LogP contribution is 2.14. The molecule has 0 atom stereocenters. The first-order chi connectivity index (χ1) is 6.72. The lowest BCUT2D eigenvalue weighted by Gasteiger charge is -2.00. The maximum atomic E-state index is 4.56. The molecule has 0 aromatic carbocycles. The number of aromatic nitrogens is 2. The summed E-state index contributed by atoms with van der Waals surface area (Å²) < 4.78 is 2.20. The summed E-state index contributed by atoms with van der Waals surface area (Å²) in [5.74, 6) is 0. The van der Waals surface area contributed by atoms with Gasteiger partial charge in [-0.15, -0.1) is 0 Å². The van der Waals surface area contributed by atoms with Crippen molar-refractivity contribution >= 4 is 5.65 Å². The van der Waals surface area contributed by atoms with E-state index in [1.165, 1.54) is 17.7 Å². The largest absolute Gasteiger partial charge is 0.304 e. The van der Waals surface area contributed by atoms with Crippen molar-refractivity contribution in [3.8, 4) is 0 Å². The monoisotopic (exact) mass is 188 g/mol. The standard InChI is InChI=1S/C12H16N2/c1-4-5-11-10(3)13-12-8-9(2)6-7-14(11)12/h6-8H,4-5H2,1-3H3. The van der Waals surface area contributed by atoms with Crippen LogP contribution in [0.25, 0.3) is 5.65 Å². The third-order valence-electron chi connectivity index (χ3n) is 2.57. The van der Waals surface area contributed by atoms with Crippen molar-refractivity contribution in [2.24, 2.45) is 0 Å². The number of pyridine rings is 1. The Bertz CT molecular complexity index is 455. The van der Waals surface area contributed by atoms with E-state index in [4.69, 9.17) is 0 Å². The van der Waals surface area contributed by atoms with Gasteiger partial charge in [0.2, 0.25) is 0 Å². The Labute approximate surface area is 84.6 Å². The summed E-state index contributed by atoms with van der Waals surface area (Å²) in [5, 5.41) is 0. The Kier molecular flexibility index (Phi) is 2.28. The van der Waals surface area contributed by atoms with Crippen molar-refractivity contribution in [2.45, 2.75) is 33.6 Å². The van der Waals surface area contributed by atoms with E-state index in [0.717, 1.165) is 17.8 Å². The molecule has 0 unspecified atom stereocenters. The van der Waals surface area contributed by atoms with Crippen LogP contribution in [0.5, 0.6) is 0 Å². The first-order valence-electron chi connectivity index (χ1n) is 5.16. The molecule has 0 spiro atoms. The summed E-state index contributed by atoms with van der Waals surface area (Å²) >= 11 is 0. The number of rotatable bonds is 2. The van der Waals surface area contributed by atoms with Gasteiger partial charge < -0.3 is 4.40 Å². The van der Waals surface area contributed by atoms with Crippen LogP contribution in [0.3, 0.4) is 0 Å². The molecule has 2 rings (SSSR count). The summed E-state index contributed by atoms with van der Waals surface area (Å²) in [5.41, 5.74) is 4.86. The van der Waals surface area contributed by atoms with E-state index in [2.05, 4.69) is 48.5 Å². The van der Waals surface area contributed by atoms with Crippen molar-refractivity contribution in [3.63, 3.8) is 0 Å². The topological polar surface area (TPSA) is 17.3 Å². The van der Waals surface area contributed by atoms with E-state index >= 15 is 0 Å². The lowest BCUT2D eigenvalue weighted by Crippen LogP contribution is -1.93. The first-order valence-corrected chi connectivity index (χ1v) is 5.16. The van der Waals surface area contributed by atoms with Crippen molar-refractivity contribution in [1.29, 1.82) is 0 Å². The molecule has 2 nitrogen and oxygen atoms in total. The van der Waals surface area contributed by atoms with Crippen molar-refractivity contribution in [3.05, 3.63) is 35.3 Å². The van der Waals surface area contributed by atoms with Crippen LogP contribution < -0.4 is 0 Å². The molecule has 0 fully saturated rings. The molecule has 0 bridgehead atoms. The molecule has 14 heavy (non-hydrogen) atoms. The van der Waals surface area contributed by atoms with Gasteiger partial charge in [0, 0.05) is 11.9 Å². The third-order valence-corrected chi connectivity index (χ3v) is 2.57. The maximum absolute atomic E-state index is 4.56. The second kappa shape index (κ2) is 3.45. The molecule has 0 N–H and O–H groups in total. The summed E-state index contributed by atoms with van der Waals surface area (Å²) in [6.45, 7) is 6.39. The smallest absolute Gasteiger partial charge is 0.137 e. The summed E-state index contributed by atoms with van der Waals surface area (Å²) in [7, 11) is 0. The Morgan fingerprint density at radius 2 is 2.14 bits per heavy atom. The lowest BCUT2D eigenvalue weighted by molar-refractivity contribution is 0.857. The van der Waals surface area contributed by atoms with Crippen LogP contribution in [0.4, 0.5) is 0 Å². The van der Waals surface area contributed by atoms with Gasteiger partial charge >= 0.3 is 0 Å². The summed E-state index contributed by atoms with van der Waals surface area (Å²) in [4.78, 5) is 4.56. The minimum absolute atomic E-state index is 1.07. The molecule has 0 aliphatic heterocycles. The molecule has 2 heteroatoms. The van der Waals surface area contributed by atoms with E-state index in [9.17, 15) is 0 Å². The number of aryl methyl sites for hydroxylation is 3. The second-order valence-electron chi connectivity index (χ2n) is 3.83. The Morgan fingerprint density at radius 3 is 2.86 bits per heavy atom. The average molecular weight is 188 g/mol. The number of imidazole rings is 1. The van der Waals surface area contributed by atoms with Crippen molar-refractivity contribution in [1.82, 2.24) is 9.38 Å². The fraction of sp³-hybridized carbons (Fsp3) is 0.417. The lowest BCUT2D eigenvalue weighted by atomic mass is 10.2. The number of hydrogen-bond acceptors (Lipinski definition) is 1. The highest BCUT2D eigenvalue weighted by Gasteiger charge is 2.06. The zero-order valence-corrected chi connectivity index (χ0v) is 9.04. The zero-order chi connectivity index (χ0) is 10.1. The molecule has 0 radical (unpaired) electrons. The van der Waals surface area contributed by atoms with Gasteiger partial charge in [0.15, 0.2) is 0 Å². The highest BCUT2D eigenvalue weighted by atomic mass is 15.0. The normalized spacial score (nSPS) is 11.1. The Morgan fingerprint density at radius 1 is 1.36 bits per heavy atom. The van der Waals surface area contributed by atoms with Crippen LogP contribution in [-0.4, -0.2) is 9.38 Å². The predicted octanol–water partition coefficient (Wildman–Crippen LogP) is 2.90. The summed E-state index contributed by atoms with van der Waals surface area (Å²) in [6, 6.07) is 4.26. The SMILES string of the molecule is CCCc1c(C)nc2cc(C)ccn12. The van der Waals surface area contributed by atoms with E-state index in [0.29, 0.717) is 0 Å². The number of nitrogens with zero attached hydrogens (tertiary/aromatic N) is 2. The van der Waals surface area contributed by atoms with E-state index in [1.807, 2.05) is 0 Å². The van der Waals surface area contributed by atoms with Crippen LogP contribution in [0.2, 0.25) is 0 Å². The molecule has 0 saturated carbocycles. The van der Waals surface area contributed by atoms with Gasteiger partial charge in [-0.1, -0.05) is 13.3 Å². The molecular formula is C12H16N2. The minimum atomic E-state index is 1.07. The fourth-order valence-corrected chi connectivity index (χ4v) is 1.85. The summed E-state index contributed by atoms with van der Waals surface area (Å²) in [6.07, 6.45) is 4.40. The molecule has 74 valence electrons. The van der Waals surface area contributed by atoms with Crippen LogP contribution >= 0.6 is 0 Å². The van der Waals surface area contributed by atoms with Crippen LogP contribution in [0, 0.1) is 13.8 Å². The maximum Gasteiger partial charge on any atom is 0.137 e. The zero-order valence-electron chi connectivity index (χ0n) is 9.04. The van der Waals surface area contributed by atoms with Crippen molar-refractivity contribution in [2.75, 3.05) is 0 Å². The van der Waals surface area contributed by atoms with E-state index in [1.54, 1.807) is 0 Å². The Balaban J connectivity index is 2.64. The van der Waals surface area contributed by atoms with Gasteiger partial charge in [-0.25, -0.2) is 4.98 Å². The molecule has 2 heterocycles. The van der Waals surface area contributed by atoms with Gasteiger partial charge in [-0.05, 0) is 38.0 Å². The molecule has 0 saturated heterocycles. The van der Waals surface area contributed by atoms with Gasteiger partial charge in [-0.3, -0.25) is 0 Å². The van der Waals surface area contributed by atoms with Crippen LogP contribution in [0.15, 0.2) is 18.3 Å². The molecule has 0 aliphatic rings. The molecule has 0 amide bonds. The Hall–Kier alpha value is -1.31. The number of hydrogen-bond donors (Lipinski definition) is 0. The third kappa shape index (κ3) is 1.41. The second-order valence-corrected chi connectivity index (χ2v) is 3.83. The minimum Gasteiger partial charge on any atom is -0.304 e. The fourth-order valence-electron chi connectivity index (χ4n) is 1.85. The quantitative estimate of drug-likeness (QED) is 0.708. The first kappa shape index (κ1) is 9.25. The van der Waals surface area contributed by atoms with Crippen molar-refractivity contribution < 1.29 is 0 Å². The van der Waals surface area contributed by atoms with Crippen LogP contribution in [-0.2, 0) is 6.42 Å². The van der Waals surface area contributed by atoms with Gasteiger partial charge in [0.25, 0.3) is 0 Å². The molecular weight excluding hydrogens is 172 g/mol. The molecule has 0 aliphatic carbocycles.